The van der Waals surface area contributed by atoms with Crippen LogP contribution < -0.4 is 10.8 Å². The molecule has 0 aliphatic heterocycles. The molecule has 1 amide bonds. The standard InChI is InChI=1S/C11H22N2O3/c1-6-9(2)16-13-8-7-12-10(14)15-11(3,4)5/h6,9,13H,1,7-8H2,2-5H3,(H,12,14). The van der Waals surface area contributed by atoms with Crippen molar-refractivity contribution in [2.75, 3.05) is 13.1 Å². The van der Waals surface area contributed by atoms with Crippen LogP contribution in [0.5, 0.6) is 0 Å². The van der Waals surface area contributed by atoms with E-state index in [9.17, 15) is 4.79 Å². The Morgan fingerprint density at radius 3 is 2.56 bits per heavy atom. The normalized spacial score (nSPS) is 13.0. The first-order valence-electron chi connectivity index (χ1n) is 5.33. The fourth-order valence-corrected chi connectivity index (χ4v) is 0.768. The molecule has 0 aliphatic rings. The second-order valence-corrected chi connectivity index (χ2v) is 4.38. The van der Waals surface area contributed by atoms with Gasteiger partial charge in [0.05, 0.1) is 6.10 Å². The average molecular weight is 230 g/mol. The number of nitrogens with one attached hydrogen (secondary N) is 2. The average Bonchev–Trinajstić information content (AvgIpc) is 2.14. The van der Waals surface area contributed by atoms with Crippen LogP contribution in [0.4, 0.5) is 4.79 Å². The molecule has 94 valence electrons. The molecule has 0 aliphatic carbocycles. The predicted molar refractivity (Wildman–Crippen MR) is 63.0 cm³/mol. The highest BCUT2D eigenvalue weighted by atomic mass is 16.7. The molecular weight excluding hydrogens is 208 g/mol. The molecule has 5 heteroatoms. The summed E-state index contributed by atoms with van der Waals surface area (Å²) in [7, 11) is 0. The summed E-state index contributed by atoms with van der Waals surface area (Å²) in [6.07, 6.45) is 1.20. The van der Waals surface area contributed by atoms with Gasteiger partial charge in [-0.1, -0.05) is 6.08 Å². The van der Waals surface area contributed by atoms with Crippen LogP contribution in [-0.2, 0) is 9.57 Å². The fraction of sp³-hybridized carbons (Fsp3) is 0.727. The van der Waals surface area contributed by atoms with Gasteiger partial charge in [-0.15, -0.1) is 6.58 Å². The molecule has 1 unspecified atom stereocenters. The van der Waals surface area contributed by atoms with Crippen molar-refractivity contribution < 1.29 is 14.4 Å². The number of amides is 1. The van der Waals surface area contributed by atoms with Crippen molar-refractivity contribution >= 4 is 6.09 Å². The molecule has 0 heterocycles. The Labute approximate surface area is 97.1 Å². The Balaban J connectivity index is 3.45. The minimum Gasteiger partial charge on any atom is -0.444 e. The molecule has 0 saturated heterocycles. The summed E-state index contributed by atoms with van der Waals surface area (Å²) in [6.45, 7) is 11.8. The lowest BCUT2D eigenvalue weighted by Crippen LogP contribution is -2.36. The zero-order valence-electron chi connectivity index (χ0n) is 10.5. The zero-order valence-corrected chi connectivity index (χ0v) is 10.5. The van der Waals surface area contributed by atoms with Crippen LogP contribution in [0.2, 0.25) is 0 Å². The summed E-state index contributed by atoms with van der Waals surface area (Å²) in [4.78, 5) is 16.3. The molecule has 0 spiro atoms. The van der Waals surface area contributed by atoms with E-state index in [-0.39, 0.29) is 6.10 Å². The fourth-order valence-electron chi connectivity index (χ4n) is 0.768. The maximum atomic E-state index is 11.2. The minimum absolute atomic E-state index is 0.0541. The van der Waals surface area contributed by atoms with E-state index in [0.29, 0.717) is 13.1 Å². The lowest BCUT2D eigenvalue weighted by atomic mass is 10.2. The molecule has 0 rings (SSSR count). The SMILES string of the molecule is C=CC(C)ONCCNC(=O)OC(C)(C)C. The van der Waals surface area contributed by atoms with Gasteiger partial charge >= 0.3 is 6.09 Å². The first-order valence-corrected chi connectivity index (χ1v) is 5.33. The van der Waals surface area contributed by atoms with Crippen LogP contribution in [0.3, 0.4) is 0 Å². The van der Waals surface area contributed by atoms with E-state index in [4.69, 9.17) is 9.57 Å². The molecule has 1 atom stereocenters. The monoisotopic (exact) mass is 230 g/mol. The lowest BCUT2D eigenvalue weighted by molar-refractivity contribution is 0.0101. The molecular formula is C11H22N2O3. The third-order valence-electron chi connectivity index (χ3n) is 1.50. The van der Waals surface area contributed by atoms with Crippen LogP contribution in [0.1, 0.15) is 27.7 Å². The largest absolute Gasteiger partial charge is 0.444 e. The molecule has 0 fully saturated rings. The smallest absolute Gasteiger partial charge is 0.407 e. The van der Waals surface area contributed by atoms with Gasteiger partial charge in [0.15, 0.2) is 0 Å². The Morgan fingerprint density at radius 2 is 2.06 bits per heavy atom. The maximum Gasteiger partial charge on any atom is 0.407 e. The molecule has 5 nitrogen and oxygen atoms in total. The number of hydrogen-bond acceptors (Lipinski definition) is 4. The number of alkyl carbamates (subject to hydrolysis) is 1. The van der Waals surface area contributed by atoms with Crippen molar-refractivity contribution in [3.8, 4) is 0 Å². The van der Waals surface area contributed by atoms with Crippen molar-refractivity contribution in [2.24, 2.45) is 0 Å². The van der Waals surface area contributed by atoms with Gasteiger partial charge in [0.2, 0.25) is 0 Å². The molecule has 0 aromatic heterocycles. The third-order valence-corrected chi connectivity index (χ3v) is 1.50. The maximum absolute atomic E-state index is 11.2. The summed E-state index contributed by atoms with van der Waals surface area (Å²) in [6, 6.07) is 0. The minimum atomic E-state index is -0.467. The summed E-state index contributed by atoms with van der Waals surface area (Å²) >= 11 is 0. The zero-order chi connectivity index (χ0) is 12.6. The van der Waals surface area contributed by atoms with Crippen LogP contribution in [0, 0.1) is 0 Å². The van der Waals surface area contributed by atoms with Crippen molar-refractivity contribution in [1.29, 1.82) is 0 Å². The van der Waals surface area contributed by atoms with Gasteiger partial charge < -0.3 is 10.1 Å². The molecule has 0 radical (unpaired) electrons. The van der Waals surface area contributed by atoms with Gasteiger partial charge in [0.1, 0.15) is 5.60 Å². The highest BCUT2D eigenvalue weighted by molar-refractivity contribution is 5.67. The highest BCUT2D eigenvalue weighted by Gasteiger charge is 2.15. The Bertz CT molecular complexity index is 224. The Hall–Kier alpha value is -1.07. The highest BCUT2D eigenvalue weighted by Crippen LogP contribution is 2.05. The first kappa shape index (κ1) is 14.9. The van der Waals surface area contributed by atoms with Crippen LogP contribution in [-0.4, -0.2) is 30.9 Å². The Morgan fingerprint density at radius 1 is 1.44 bits per heavy atom. The lowest BCUT2D eigenvalue weighted by Gasteiger charge is -2.19. The topological polar surface area (TPSA) is 59.6 Å². The van der Waals surface area contributed by atoms with Crippen LogP contribution in [0.25, 0.3) is 0 Å². The van der Waals surface area contributed by atoms with E-state index in [1.54, 1.807) is 6.08 Å². The summed E-state index contributed by atoms with van der Waals surface area (Å²) in [5.41, 5.74) is 2.25. The van der Waals surface area contributed by atoms with Crippen molar-refractivity contribution in [3.63, 3.8) is 0 Å². The molecule has 0 aromatic carbocycles. The summed E-state index contributed by atoms with van der Waals surface area (Å²) in [5, 5.41) is 2.60. The van der Waals surface area contributed by atoms with Crippen LogP contribution >= 0.6 is 0 Å². The molecule has 0 aromatic rings. The number of carbonyl (C=O) groups is 1. The van der Waals surface area contributed by atoms with Gasteiger partial charge in [-0.3, -0.25) is 4.84 Å². The van der Waals surface area contributed by atoms with Crippen molar-refractivity contribution in [3.05, 3.63) is 12.7 Å². The van der Waals surface area contributed by atoms with E-state index in [2.05, 4.69) is 17.4 Å². The number of hydrogen-bond donors (Lipinski definition) is 2. The summed E-state index contributed by atoms with van der Waals surface area (Å²) in [5.74, 6) is 0. The van der Waals surface area contributed by atoms with Gasteiger partial charge in [-0.25, -0.2) is 10.3 Å². The van der Waals surface area contributed by atoms with Crippen molar-refractivity contribution in [2.45, 2.75) is 39.4 Å². The van der Waals surface area contributed by atoms with E-state index < -0.39 is 11.7 Å². The Kier molecular flexibility index (Phi) is 6.76. The molecule has 0 saturated carbocycles. The molecule has 0 bridgehead atoms. The van der Waals surface area contributed by atoms with Crippen LogP contribution in [0.15, 0.2) is 12.7 Å². The number of rotatable bonds is 6. The van der Waals surface area contributed by atoms with Crippen molar-refractivity contribution in [1.82, 2.24) is 10.8 Å². The second-order valence-electron chi connectivity index (χ2n) is 4.38. The van der Waals surface area contributed by atoms with E-state index in [1.807, 2.05) is 27.7 Å². The second kappa shape index (κ2) is 7.24. The first-order chi connectivity index (χ1) is 7.35. The number of ether oxygens (including phenoxy) is 1. The van der Waals surface area contributed by atoms with E-state index in [1.165, 1.54) is 0 Å². The van der Waals surface area contributed by atoms with Gasteiger partial charge in [-0.2, -0.15) is 0 Å². The van der Waals surface area contributed by atoms with Gasteiger partial charge in [0.25, 0.3) is 0 Å². The van der Waals surface area contributed by atoms with E-state index in [0.717, 1.165) is 0 Å². The third kappa shape index (κ3) is 9.48. The predicted octanol–water partition coefficient (Wildman–Crippen LogP) is 1.61. The quantitative estimate of drug-likeness (QED) is 0.413. The molecule has 2 N–H and O–H groups in total. The van der Waals surface area contributed by atoms with Gasteiger partial charge in [-0.05, 0) is 27.7 Å². The number of hydroxylamine groups is 1. The van der Waals surface area contributed by atoms with E-state index >= 15 is 0 Å². The number of carbonyl (C=O) groups excluding carboxylic acids is 1. The van der Waals surface area contributed by atoms with Gasteiger partial charge in [0, 0.05) is 13.1 Å². The summed E-state index contributed by atoms with van der Waals surface area (Å²) < 4.78 is 5.05. The molecule has 16 heavy (non-hydrogen) atoms.